The van der Waals surface area contributed by atoms with Crippen molar-refractivity contribution in [1.82, 2.24) is 0 Å². The molecule has 1 aliphatic rings. The quantitative estimate of drug-likeness (QED) is 0.484. The fourth-order valence-corrected chi connectivity index (χ4v) is 2.20. The molecule has 0 saturated carbocycles. The van der Waals surface area contributed by atoms with Crippen molar-refractivity contribution in [3.63, 3.8) is 0 Å². The number of hydrogen-bond acceptors (Lipinski definition) is 2. The van der Waals surface area contributed by atoms with Crippen molar-refractivity contribution in [3.8, 4) is 0 Å². The van der Waals surface area contributed by atoms with E-state index >= 15 is 0 Å². The van der Waals surface area contributed by atoms with E-state index in [1.807, 2.05) is 0 Å². The highest BCUT2D eigenvalue weighted by Crippen LogP contribution is 2.25. The van der Waals surface area contributed by atoms with Crippen LogP contribution in [-0.2, 0) is 9.31 Å². The molecule has 0 aliphatic carbocycles. The molecule has 16 heavy (non-hydrogen) atoms. The number of hydrogen-bond donors (Lipinski definition) is 0. The maximum atomic E-state index is 5.49. The third kappa shape index (κ3) is 5.90. The standard InChI is InChI=1S/C13H26BO2/c1-4-5-6-7-8-9-10-12-11-13(2,3)16-14-15-12/h12H,4-11H2,1-3H3. The lowest BCUT2D eigenvalue weighted by molar-refractivity contribution is -0.0244. The SMILES string of the molecule is CCCCCCCCC1CC(C)(C)O[B]O1. The lowest BCUT2D eigenvalue weighted by atomic mass is 9.93. The first-order valence-corrected chi connectivity index (χ1v) is 6.79. The zero-order valence-electron chi connectivity index (χ0n) is 11.1. The molecular weight excluding hydrogens is 199 g/mol. The summed E-state index contributed by atoms with van der Waals surface area (Å²) in [6, 6.07) is 0. The van der Waals surface area contributed by atoms with Crippen LogP contribution in [0.4, 0.5) is 0 Å². The first kappa shape index (κ1) is 14.0. The van der Waals surface area contributed by atoms with Crippen molar-refractivity contribution in [3.05, 3.63) is 0 Å². The lowest BCUT2D eigenvalue weighted by Gasteiger charge is -2.35. The summed E-state index contributed by atoms with van der Waals surface area (Å²) in [4.78, 5) is 0. The normalized spacial score (nSPS) is 24.1. The second-order valence-corrected chi connectivity index (χ2v) is 5.49. The van der Waals surface area contributed by atoms with Crippen LogP contribution in [0.3, 0.4) is 0 Å². The van der Waals surface area contributed by atoms with Crippen LogP contribution >= 0.6 is 0 Å². The first-order valence-electron chi connectivity index (χ1n) is 6.79. The molecule has 0 aromatic rings. The van der Waals surface area contributed by atoms with Gasteiger partial charge in [0.05, 0.1) is 5.60 Å². The van der Waals surface area contributed by atoms with Crippen LogP contribution in [-0.4, -0.2) is 19.4 Å². The number of rotatable bonds is 7. The minimum Gasteiger partial charge on any atom is -0.410 e. The van der Waals surface area contributed by atoms with Crippen LogP contribution < -0.4 is 0 Å². The molecule has 1 aliphatic heterocycles. The van der Waals surface area contributed by atoms with Gasteiger partial charge in [-0.2, -0.15) is 0 Å². The number of unbranched alkanes of at least 4 members (excludes halogenated alkanes) is 5. The molecule has 1 atom stereocenters. The van der Waals surface area contributed by atoms with Gasteiger partial charge in [-0.05, 0) is 26.7 Å². The van der Waals surface area contributed by atoms with E-state index in [-0.39, 0.29) is 5.60 Å². The molecule has 1 fully saturated rings. The van der Waals surface area contributed by atoms with Crippen molar-refractivity contribution < 1.29 is 9.31 Å². The summed E-state index contributed by atoms with van der Waals surface area (Å²) in [5, 5.41) is 0. The molecule has 1 saturated heterocycles. The molecule has 93 valence electrons. The molecule has 0 amide bonds. The Bertz CT molecular complexity index is 183. The minimum atomic E-state index is -0.0366. The van der Waals surface area contributed by atoms with Gasteiger partial charge in [-0.1, -0.05) is 45.4 Å². The van der Waals surface area contributed by atoms with E-state index in [1.165, 1.54) is 52.6 Å². The fraction of sp³-hybridized carbons (Fsp3) is 1.00. The molecule has 0 spiro atoms. The minimum absolute atomic E-state index is 0.0366. The van der Waals surface area contributed by atoms with Gasteiger partial charge in [-0.15, -0.1) is 0 Å². The molecule has 1 unspecified atom stereocenters. The van der Waals surface area contributed by atoms with Crippen LogP contribution in [0.2, 0.25) is 0 Å². The second kappa shape index (κ2) is 7.34. The van der Waals surface area contributed by atoms with Crippen molar-refractivity contribution >= 4 is 7.69 Å². The second-order valence-electron chi connectivity index (χ2n) is 5.49. The average Bonchev–Trinajstić information content (AvgIpc) is 2.22. The van der Waals surface area contributed by atoms with Gasteiger partial charge in [0.1, 0.15) is 0 Å². The van der Waals surface area contributed by atoms with E-state index < -0.39 is 0 Å². The van der Waals surface area contributed by atoms with Crippen LogP contribution in [0.1, 0.15) is 72.1 Å². The molecule has 2 nitrogen and oxygen atoms in total. The molecule has 1 heterocycles. The van der Waals surface area contributed by atoms with Crippen molar-refractivity contribution in [1.29, 1.82) is 0 Å². The van der Waals surface area contributed by atoms with Crippen molar-refractivity contribution in [2.24, 2.45) is 0 Å². The van der Waals surface area contributed by atoms with Gasteiger partial charge in [0.25, 0.3) is 0 Å². The molecule has 0 aromatic carbocycles. The highest BCUT2D eigenvalue weighted by Gasteiger charge is 2.29. The van der Waals surface area contributed by atoms with Crippen molar-refractivity contribution in [2.75, 3.05) is 0 Å². The molecular formula is C13H26BO2. The predicted octanol–water partition coefficient (Wildman–Crippen LogP) is 3.86. The highest BCUT2D eigenvalue weighted by atomic mass is 16.6. The summed E-state index contributed by atoms with van der Waals surface area (Å²) in [5.41, 5.74) is -0.0366. The van der Waals surface area contributed by atoms with E-state index in [0.717, 1.165) is 6.42 Å². The zero-order chi connectivity index (χ0) is 11.9. The predicted molar refractivity (Wildman–Crippen MR) is 68.4 cm³/mol. The van der Waals surface area contributed by atoms with Gasteiger partial charge in [0, 0.05) is 6.10 Å². The molecule has 0 bridgehead atoms. The zero-order valence-corrected chi connectivity index (χ0v) is 11.1. The Morgan fingerprint density at radius 3 is 2.50 bits per heavy atom. The van der Waals surface area contributed by atoms with Gasteiger partial charge in [0.15, 0.2) is 0 Å². The third-order valence-electron chi connectivity index (χ3n) is 3.21. The van der Waals surface area contributed by atoms with E-state index in [9.17, 15) is 0 Å². The summed E-state index contributed by atoms with van der Waals surface area (Å²) in [6.45, 7) is 6.51. The summed E-state index contributed by atoms with van der Waals surface area (Å²) in [6.07, 6.45) is 10.7. The smallest absolute Gasteiger partial charge is 0.410 e. The van der Waals surface area contributed by atoms with Gasteiger partial charge in [0.2, 0.25) is 0 Å². The Kier molecular flexibility index (Phi) is 6.44. The highest BCUT2D eigenvalue weighted by molar-refractivity contribution is 6.18. The maximum Gasteiger partial charge on any atom is 0.488 e. The first-order chi connectivity index (χ1) is 7.64. The van der Waals surface area contributed by atoms with Crippen molar-refractivity contribution in [2.45, 2.75) is 83.8 Å². The van der Waals surface area contributed by atoms with E-state index in [4.69, 9.17) is 9.31 Å². The Morgan fingerprint density at radius 1 is 1.12 bits per heavy atom. The molecule has 1 rings (SSSR count). The van der Waals surface area contributed by atoms with Gasteiger partial charge in [-0.25, -0.2) is 0 Å². The Hall–Kier alpha value is -0.0151. The largest absolute Gasteiger partial charge is 0.488 e. The van der Waals surface area contributed by atoms with E-state index in [1.54, 1.807) is 0 Å². The molecule has 0 aromatic heterocycles. The molecule has 3 heteroatoms. The lowest BCUT2D eigenvalue weighted by Crippen LogP contribution is -2.40. The van der Waals surface area contributed by atoms with Gasteiger partial charge < -0.3 is 9.31 Å². The van der Waals surface area contributed by atoms with Crippen LogP contribution in [0.15, 0.2) is 0 Å². The van der Waals surface area contributed by atoms with E-state index in [2.05, 4.69) is 20.8 Å². The van der Waals surface area contributed by atoms with E-state index in [0.29, 0.717) is 6.10 Å². The Labute approximate surface area is 101 Å². The average molecular weight is 225 g/mol. The third-order valence-corrected chi connectivity index (χ3v) is 3.21. The van der Waals surface area contributed by atoms with Crippen LogP contribution in [0.25, 0.3) is 0 Å². The van der Waals surface area contributed by atoms with Gasteiger partial charge >= 0.3 is 7.69 Å². The summed E-state index contributed by atoms with van der Waals surface area (Å²) in [7, 11) is 1.53. The molecule has 1 radical (unpaired) electrons. The summed E-state index contributed by atoms with van der Waals surface area (Å²) >= 11 is 0. The summed E-state index contributed by atoms with van der Waals surface area (Å²) in [5.74, 6) is 0. The Balaban J connectivity index is 2.00. The van der Waals surface area contributed by atoms with Crippen LogP contribution in [0, 0.1) is 0 Å². The maximum absolute atomic E-state index is 5.49. The molecule has 0 N–H and O–H groups in total. The fourth-order valence-electron chi connectivity index (χ4n) is 2.20. The Morgan fingerprint density at radius 2 is 1.81 bits per heavy atom. The monoisotopic (exact) mass is 225 g/mol. The topological polar surface area (TPSA) is 18.5 Å². The van der Waals surface area contributed by atoms with Gasteiger partial charge in [-0.3, -0.25) is 0 Å². The van der Waals surface area contributed by atoms with Crippen LogP contribution in [0.5, 0.6) is 0 Å². The summed E-state index contributed by atoms with van der Waals surface area (Å²) < 4.78 is 10.9.